The zero-order valence-corrected chi connectivity index (χ0v) is 14.9. The molecule has 2 aliphatic rings. The maximum absolute atomic E-state index is 14.5. The van der Waals surface area contributed by atoms with Gasteiger partial charge in [-0.05, 0) is 0 Å². The van der Waals surface area contributed by atoms with Gasteiger partial charge in [-0.15, -0.1) is 0 Å². The summed E-state index contributed by atoms with van der Waals surface area (Å²) in [5.74, 6) is -1.57. The Kier molecular flexibility index (Phi) is 5.30. The van der Waals surface area contributed by atoms with Gasteiger partial charge in [-0.3, -0.25) is 4.90 Å². The Morgan fingerprint density at radius 2 is 1.85 bits per heavy atom. The topological polar surface area (TPSA) is 88.2 Å². The van der Waals surface area contributed by atoms with Gasteiger partial charge in [0.25, 0.3) is 0 Å². The molecule has 0 aromatic heterocycles. The maximum atomic E-state index is 14.5. The van der Waals surface area contributed by atoms with Crippen LogP contribution in [0.4, 0.5) is 25.0 Å². The van der Waals surface area contributed by atoms with Gasteiger partial charge in [0.05, 0.1) is 31.7 Å². The van der Waals surface area contributed by atoms with E-state index in [4.69, 9.17) is 9.47 Å². The number of anilines is 2. The van der Waals surface area contributed by atoms with Gasteiger partial charge < -0.3 is 14.4 Å². The molecule has 0 spiro atoms. The molecule has 11 heteroatoms. The highest BCUT2D eigenvalue weighted by atomic mass is 32.2. The summed E-state index contributed by atoms with van der Waals surface area (Å²) in [6.07, 6.45) is -0.554. The predicted octanol–water partition coefficient (Wildman–Crippen LogP) is 0.676. The first kappa shape index (κ1) is 18.8. The van der Waals surface area contributed by atoms with E-state index in [9.17, 15) is 22.0 Å². The molecule has 0 aliphatic carbocycles. The van der Waals surface area contributed by atoms with E-state index in [-0.39, 0.29) is 24.5 Å². The number of carbonyl (C=O) groups excluding carboxylic acids is 1. The van der Waals surface area contributed by atoms with Crippen molar-refractivity contribution in [2.45, 2.75) is 6.10 Å². The SMILES string of the molecule is CS(=O)(=O)NC[C@H]1CN(c2cc(F)c(N3CCOCC3)c(F)c2)C(=O)O1. The minimum absolute atomic E-state index is 0.0167. The van der Waals surface area contributed by atoms with Gasteiger partial charge in [0, 0.05) is 31.8 Å². The summed E-state index contributed by atoms with van der Waals surface area (Å²) in [4.78, 5) is 14.6. The third-order valence-corrected chi connectivity index (χ3v) is 4.78. The monoisotopic (exact) mass is 391 g/mol. The quantitative estimate of drug-likeness (QED) is 0.794. The van der Waals surface area contributed by atoms with Gasteiger partial charge in [0.1, 0.15) is 11.8 Å². The second-order valence-electron chi connectivity index (χ2n) is 6.09. The lowest BCUT2D eigenvalue weighted by Gasteiger charge is -2.29. The van der Waals surface area contributed by atoms with Gasteiger partial charge in [-0.2, -0.15) is 0 Å². The fourth-order valence-electron chi connectivity index (χ4n) is 2.88. The average Bonchev–Trinajstić information content (AvgIpc) is 2.94. The van der Waals surface area contributed by atoms with Crippen molar-refractivity contribution >= 4 is 27.5 Å². The number of hydrogen-bond donors (Lipinski definition) is 1. The van der Waals surface area contributed by atoms with Gasteiger partial charge in [0.15, 0.2) is 11.6 Å². The van der Waals surface area contributed by atoms with E-state index < -0.39 is 33.9 Å². The van der Waals surface area contributed by atoms with E-state index in [0.29, 0.717) is 26.3 Å². The van der Waals surface area contributed by atoms with Crippen molar-refractivity contribution in [3.63, 3.8) is 0 Å². The number of carbonyl (C=O) groups is 1. The molecule has 8 nitrogen and oxygen atoms in total. The van der Waals surface area contributed by atoms with Gasteiger partial charge in [-0.25, -0.2) is 26.7 Å². The first-order valence-corrected chi connectivity index (χ1v) is 9.88. The van der Waals surface area contributed by atoms with Crippen LogP contribution in [0.3, 0.4) is 0 Å². The number of ether oxygens (including phenoxy) is 2. The number of sulfonamides is 1. The highest BCUT2D eigenvalue weighted by Gasteiger charge is 2.34. The zero-order valence-electron chi connectivity index (χ0n) is 14.1. The van der Waals surface area contributed by atoms with Crippen LogP contribution in [0.1, 0.15) is 0 Å². The Morgan fingerprint density at radius 1 is 1.23 bits per heavy atom. The predicted molar refractivity (Wildman–Crippen MR) is 89.9 cm³/mol. The molecule has 0 bridgehead atoms. The number of morpholine rings is 1. The minimum atomic E-state index is -3.44. The molecule has 1 amide bonds. The number of hydrogen-bond acceptors (Lipinski definition) is 6. The molecule has 2 fully saturated rings. The standard InChI is InChI=1S/C15H19F2N3O5S/c1-26(22,23)18-8-11-9-20(15(21)25-11)10-6-12(16)14(13(17)7-10)19-2-4-24-5-3-19/h6-7,11,18H,2-5,8-9H2,1H3/t11-/m0/s1. The Bertz CT molecular complexity index is 775. The van der Waals surface area contributed by atoms with Crippen LogP contribution in [-0.4, -0.2) is 66.3 Å². The molecule has 26 heavy (non-hydrogen) atoms. The molecule has 0 unspecified atom stereocenters. The largest absolute Gasteiger partial charge is 0.443 e. The van der Waals surface area contributed by atoms with Crippen LogP contribution >= 0.6 is 0 Å². The fourth-order valence-corrected chi connectivity index (χ4v) is 3.37. The molecule has 0 saturated carbocycles. The fraction of sp³-hybridized carbons (Fsp3) is 0.533. The Balaban J connectivity index is 1.76. The number of halogens is 2. The highest BCUT2D eigenvalue weighted by molar-refractivity contribution is 7.88. The van der Waals surface area contributed by atoms with Crippen molar-refractivity contribution in [1.29, 1.82) is 0 Å². The third-order valence-electron chi connectivity index (χ3n) is 4.09. The van der Waals surface area contributed by atoms with Gasteiger partial charge >= 0.3 is 6.09 Å². The second kappa shape index (κ2) is 7.33. The lowest BCUT2D eigenvalue weighted by atomic mass is 10.2. The Hall–Kier alpha value is -1.98. The summed E-state index contributed by atoms with van der Waals surface area (Å²) in [6, 6.07) is 2.14. The van der Waals surface area contributed by atoms with E-state index in [1.807, 2.05) is 0 Å². The number of benzene rings is 1. The molecule has 3 rings (SSSR count). The molecular formula is C15H19F2N3O5S. The number of cyclic esters (lactones) is 1. The molecule has 1 aromatic carbocycles. The van der Waals surface area contributed by atoms with E-state index >= 15 is 0 Å². The van der Waals surface area contributed by atoms with Gasteiger partial charge in [0.2, 0.25) is 10.0 Å². The first-order valence-electron chi connectivity index (χ1n) is 7.99. The van der Waals surface area contributed by atoms with Crippen LogP contribution in [-0.2, 0) is 19.5 Å². The summed E-state index contributed by atoms with van der Waals surface area (Å²) in [5.41, 5.74) is -0.135. The average molecular weight is 391 g/mol. The Morgan fingerprint density at radius 3 is 2.42 bits per heavy atom. The van der Waals surface area contributed by atoms with Crippen LogP contribution in [0, 0.1) is 11.6 Å². The molecule has 0 radical (unpaired) electrons. The van der Waals surface area contributed by atoms with E-state index in [1.54, 1.807) is 4.90 Å². The molecule has 2 saturated heterocycles. The van der Waals surface area contributed by atoms with E-state index in [2.05, 4.69) is 4.72 Å². The summed E-state index contributed by atoms with van der Waals surface area (Å²) >= 11 is 0. The number of amides is 1. The van der Waals surface area contributed by atoms with Crippen molar-refractivity contribution in [3.05, 3.63) is 23.8 Å². The molecular weight excluding hydrogens is 372 g/mol. The normalized spacial score (nSPS) is 21.2. The van der Waals surface area contributed by atoms with E-state index in [0.717, 1.165) is 23.3 Å². The maximum Gasteiger partial charge on any atom is 0.414 e. The first-order chi connectivity index (χ1) is 12.2. The van der Waals surface area contributed by atoms with Crippen molar-refractivity contribution in [3.8, 4) is 0 Å². The zero-order chi connectivity index (χ0) is 18.9. The summed E-state index contributed by atoms with van der Waals surface area (Å²) in [7, 11) is -3.44. The van der Waals surface area contributed by atoms with Crippen LogP contribution < -0.4 is 14.5 Å². The molecule has 144 valence electrons. The van der Waals surface area contributed by atoms with Gasteiger partial charge in [-0.1, -0.05) is 0 Å². The van der Waals surface area contributed by atoms with Crippen molar-refractivity contribution in [2.24, 2.45) is 0 Å². The molecule has 1 aromatic rings. The van der Waals surface area contributed by atoms with E-state index in [1.165, 1.54) is 0 Å². The Labute approximate surface area is 149 Å². The highest BCUT2D eigenvalue weighted by Crippen LogP contribution is 2.31. The lowest BCUT2D eigenvalue weighted by Crippen LogP contribution is -2.37. The lowest BCUT2D eigenvalue weighted by molar-refractivity contribution is 0.122. The van der Waals surface area contributed by atoms with Crippen LogP contribution in [0.2, 0.25) is 0 Å². The van der Waals surface area contributed by atoms with Crippen molar-refractivity contribution < 1.29 is 31.5 Å². The van der Waals surface area contributed by atoms with Crippen molar-refractivity contribution in [2.75, 3.05) is 55.4 Å². The minimum Gasteiger partial charge on any atom is -0.443 e. The number of rotatable bonds is 5. The summed E-state index contributed by atoms with van der Waals surface area (Å²) in [6.45, 7) is 1.38. The summed E-state index contributed by atoms with van der Waals surface area (Å²) < 4.78 is 63.7. The summed E-state index contributed by atoms with van der Waals surface area (Å²) in [5, 5.41) is 0. The van der Waals surface area contributed by atoms with Crippen LogP contribution in [0.25, 0.3) is 0 Å². The second-order valence-corrected chi connectivity index (χ2v) is 7.93. The number of nitrogens with zero attached hydrogens (tertiary/aromatic N) is 2. The molecule has 2 aliphatic heterocycles. The molecule has 1 atom stereocenters. The van der Waals surface area contributed by atoms with Crippen LogP contribution in [0.5, 0.6) is 0 Å². The van der Waals surface area contributed by atoms with Crippen molar-refractivity contribution in [1.82, 2.24) is 4.72 Å². The third kappa shape index (κ3) is 4.22. The van der Waals surface area contributed by atoms with Crippen LogP contribution in [0.15, 0.2) is 12.1 Å². The molecule has 1 N–H and O–H groups in total. The molecule has 2 heterocycles. The number of nitrogens with one attached hydrogen (secondary N) is 1. The smallest absolute Gasteiger partial charge is 0.414 e.